The summed E-state index contributed by atoms with van der Waals surface area (Å²) in [4.78, 5) is 6.72. The van der Waals surface area contributed by atoms with Gasteiger partial charge in [0, 0.05) is 18.0 Å². The number of rotatable bonds is 8. The summed E-state index contributed by atoms with van der Waals surface area (Å²) in [6, 6.07) is 0.704. The van der Waals surface area contributed by atoms with Gasteiger partial charge in [-0.05, 0) is 47.2 Å². The van der Waals surface area contributed by atoms with E-state index in [4.69, 9.17) is 0 Å². The van der Waals surface area contributed by atoms with Gasteiger partial charge in [0.25, 0.3) is 0 Å². The number of nitrogens with zero attached hydrogens (tertiary/aromatic N) is 2. The number of hydrogen-bond donors (Lipinski definition) is 0. The zero-order valence-electron chi connectivity index (χ0n) is 11.7. The minimum Gasteiger partial charge on any atom is -0.306 e. The Morgan fingerprint density at radius 2 is 2.00 bits per heavy atom. The van der Waals surface area contributed by atoms with Crippen molar-refractivity contribution in [1.82, 2.24) is 4.90 Å². The molecule has 94 valence electrons. The van der Waals surface area contributed by atoms with Crippen molar-refractivity contribution in [3.63, 3.8) is 0 Å². The van der Waals surface area contributed by atoms with Crippen molar-refractivity contribution in [3.8, 4) is 0 Å². The van der Waals surface area contributed by atoms with Crippen LogP contribution in [0.5, 0.6) is 0 Å². The van der Waals surface area contributed by atoms with Crippen LogP contribution in [-0.4, -0.2) is 30.7 Å². The highest BCUT2D eigenvalue weighted by atomic mass is 15.1. The van der Waals surface area contributed by atoms with Crippen LogP contribution in [-0.2, 0) is 0 Å². The maximum atomic E-state index is 4.37. The van der Waals surface area contributed by atoms with E-state index in [2.05, 4.69) is 37.8 Å². The molecule has 0 amide bonds. The fraction of sp³-hybridized carbons (Fsp3) is 0.786. The van der Waals surface area contributed by atoms with E-state index in [-0.39, 0.29) is 0 Å². The molecule has 0 saturated carbocycles. The highest BCUT2D eigenvalue weighted by molar-refractivity contribution is 5.82. The van der Waals surface area contributed by atoms with Crippen LogP contribution >= 0.6 is 0 Å². The Labute approximate surface area is 101 Å². The SMILES string of the molecule is C/C=C\N=C(C)CCC(CCCC)N(C)C. The summed E-state index contributed by atoms with van der Waals surface area (Å²) in [6.45, 7) is 6.37. The fourth-order valence-electron chi connectivity index (χ4n) is 1.74. The first-order chi connectivity index (χ1) is 7.61. The van der Waals surface area contributed by atoms with Crippen LogP contribution in [0.15, 0.2) is 17.3 Å². The van der Waals surface area contributed by atoms with Crippen LogP contribution < -0.4 is 0 Å². The molecular weight excluding hydrogens is 196 g/mol. The molecule has 0 aromatic carbocycles. The highest BCUT2D eigenvalue weighted by Crippen LogP contribution is 2.12. The van der Waals surface area contributed by atoms with Crippen LogP contribution in [0.1, 0.15) is 52.9 Å². The van der Waals surface area contributed by atoms with Gasteiger partial charge in [-0.25, -0.2) is 0 Å². The summed E-state index contributed by atoms with van der Waals surface area (Å²) in [5, 5.41) is 0. The molecule has 2 heteroatoms. The minimum atomic E-state index is 0.704. The molecule has 1 atom stereocenters. The lowest BCUT2D eigenvalue weighted by atomic mass is 10.0. The standard InChI is InChI=1S/C14H28N2/c1-6-8-9-14(16(4)5)11-10-13(3)15-12-7-2/h7,12,14H,6,8-11H2,1-5H3/b12-7-,15-13?. The molecule has 0 N–H and O–H groups in total. The zero-order chi connectivity index (χ0) is 12.4. The van der Waals surface area contributed by atoms with Gasteiger partial charge in [-0.2, -0.15) is 0 Å². The molecule has 0 bridgehead atoms. The van der Waals surface area contributed by atoms with Crippen LogP contribution in [0.25, 0.3) is 0 Å². The van der Waals surface area contributed by atoms with E-state index in [1.54, 1.807) is 0 Å². The third-order valence-corrected chi connectivity index (χ3v) is 2.90. The fourth-order valence-corrected chi connectivity index (χ4v) is 1.74. The van der Waals surface area contributed by atoms with Gasteiger partial charge in [-0.15, -0.1) is 0 Å². The van der Waals surface area contributed by atoms with E-state index in [1.807, 2.05) is 19.2 Å². The van der Waals surface area contributed by atoms with Gasteiger partial charge in [0.2, 0.25) is 0 Å². The molecule has 0 aliphatic heterocycles. The molecule has 0 radical (unpaired) electrons. The van der Waals surface area contributed by atoms with Gasteiger partial charge in [0.1, 0.15) is 0 Å². The van der Waals surface area contributed by atoms with Gasteiger partial charge in [-0.1, -0.05) is 25.8 Å². The number of unbranched alkanes of at least 4 members (excludes halogenated alkanes) is 1. The van der Waals surface area contributed by atoms with Crippen LogP contribution in [0.3, 0.4) is 0 Å². The van der Waals surface area contributed by atoms with Crippen LogP contribution in [0.2, 0.25) is 0 Å². The van der Waals surface area contributed by atoms with Crippen molar-refractivity contribution in [2.24, 2.45) is 4.99 Å². The average molecular weight is 224 g/mol. The lowest BCUT2D eigenvalue weighted by molar-refractivity contribution is 0.262. The van der Waals surface area contributed by atoms with Crippen LogP contribution in [0.4, 0.5) is 0 Å². The summed E-state index contributed by atoms with van der Waals surface area (Å²) in [5.41, 5.74) is 1.24. The number of aliphatic imine (C=N–C) groups is 1. The monoisotopic (exact) mass is 224 g/mol. The maximum absolute atomic E-state index is 4.37. The predicted molar refractivity (Wildman–Crippen MR) is 74.2 cm³/mol. The molecule has 0 fully saturated rings. The van der Waals surface area contributed by atoms with Gasteiger partial charge >= 0.3 is 0 Å². The molecule has 16 heavy (non-hydrogen) atoms. The van der Waals surface area contributed by atoms with Crippen molar-refractivity contribution in [3.05, 3.63) is 12.3 Å². The zero-order valence-corrected chi connectivity index (χ0v) is 11.7. The van der Waals surface area contributed by atoms with Gasteiger partial charge < -0.3 is 4.90 Å². The van der Waals surface area contributed by atoms with Gasteiger partial charge in [0.05, 0.1) is 0 Å². The van der Waals surface area contributed by atoms with E-state index in [0.29, 0.717) is 6.04 Å². The van der Waals surface area contributed by atoms with E-state index in [9.17, 15) is 0 Å². The molecule has 0 aliphatic rings. The Bertz CT molecular complexity index is 217. The maximum Gasteiger partial charge on any atom is 0.0224 e. The topological polar surface area (TPSA) is 15.6 Å². The third kappa shape index (κ3) is 7.63. The normalized spacial score (nSPS) is 15.0. The Morgan fingerprint density at radius 3 is 2.50 bits per heavy atom. The van der Waals surface area contributed by atoms with Gasteiger partial charge in [-0.3, -0.25) is 4.99 Å². The second kappa shape index (κ2) is 9.59. The highest BCUT2D eigenvalue weighted by Gasteiger charge is 2.10. The van der Waals surface area contributed by atoms with Crippen molar-refractivity contribution < 1.29 is 0 Å². The first kappa shape index (κ1) is 15.4. The van der Waals surface area contributed by atoms with E-state index >= 15 is 0 Å². The molecule has 0 aromatic heterocycles. The molecule has 0 aliphatic carbocycles. The van der Waals surface area contributed by atoms with Crippen LogP contribution in [0, 0.1) is 0 Å². The molecule has 0 rings (SSSR count). The Morgan fingerprint density at radius 1 is 1.31 bits per heavy atom. The summed E-state index contributed by atoms with van der Waals surface area (Å²) < 4.78 is 0. The molecule has 1 unspecified atom stereocenters. The van der Waals surface area contributed by atoms with Crippen molar-refractivity contribution >= 4 is 5.71 Å². The second-order valence-electron chi connectivity index (χ2n) is 4.65. The Hall–Kier alpha value is -0.630. The summed E-state index contributed by atoms with van der Waals surface area (Å²) in [5.74, 6) is 0. The predicted octanol–water partition coefficient (Wildman–Crippen LogP) is 3.88. The molecule has 0 aromatic rings. The Kier molecular flexibility index (Phi) is 9.21. The Balaban J connectivity index is 4.00. The molecule has 0 saturated heterocycles. The van der Waals surface area contributed by atoms with E-state index in [0.717, 1.165) is 6.42 Å². The summed E-state index contributed by atoms with van der Waals surface area (Å²) in [6.07, 6.45) is 10.1. The molecular formula is C14H28N2. The summed E-state index contributed by atoms with van der Waals surface area (Å²) in [7, 11) is 4.36. The average Bonchev–Trinajstić information content (AvgIpc) is 2.25. The lowest BCUT2D eigenvalue weighted by Crippen LogP contribution is -2.28. The van der Waals surface area contributed by atoms with Crippen molar-refractivity contribution in [2.45, 2.75) is 58.9 Å². The molecule has 0 heterocycles. The quantitative estimate of drug-likeness (QED) is 0.571. The minimum absolute atomic E-state index is 0.704. The largest absolute Gasteiger partial charge is 0.306 e. The number of allylic oxidation sites excluding steroid dienone is 1. The van der Waals surface area contributed by atoms with E-state index in [1.165, 1.54) is 31.4 Å². The van der Waals surface area contributed by atoms with Crippen molar-refractivity contribution in [2.75, 3.05) is 14.1 Å². The first-order valence-corrected chi connectivity index (χ1v) is 6.42. The third-order valence-electron chi connectivity index (χ3n) is 2.90. The smallest absolute Gasteiger partial charge is 0.0224 e. The van der Waals surface area contributed by atoms with E-state index < -0.39 is 0 Å². The summed E-state index contributed by atoms with van der Waals surface area (Å²) >= 11 is 0. The second-order valence-corrected chi connectivity index (χ2v) is 4.65. The lowest BCUT2D eigenvalue weighted by Gasteiger charge is -2.24. The van der Waals surface area contributed by atoms with Crippen molar-refractivity contribution in [1.29, 1.82) is 0 Å². The van der Waals surface area contributed by atoms with Gasteiger partial charge in [0.15, 0.2) is 0 Å². The molecule has 0 spiro atoms. The first-order valence-electron chi connectivity index (χ1n) is 6.42. The number of hydrogen-bond acceptors (Lipinski definition) is 2. The molecule has 2 nitrogen and oxygen atoms in total.